The highest BCUT2D eigenvalue weighted by atomic mass is 35.5. The second-order valence-corrected chi connectivity index (χ2v) is 5.08. The topological polar surface area (TPSA) is 86.6 Å². The molecule has 1 aromatic carbocycles. The number of nitrogens with one attached hydrogen (secondary N) is 1. The molecule has 0 aliphatic carbocycles. The number of halogens is 1. The zero-order chi connectivity index (χ0) is 14.0. The van der Waals surface area contributed by atoms with Crippen molar-refractivity contribution in [3.8, 4) is 5.75 Å². The summed E-state index contributed by atoms with van der Waals surface area (Å²) in [6, 6.07) is 6.98. The molecule has 0 aliphatic rings. The number of carboxylic acid groups (broad SMARTS) is 1. The molecule has 1 heterocycles. The number of hydrogen-bond acceptors (Lipinski definition) is 4. The monoisotopic (exact) mass is 297 g/mol. The Balaban J connectivity index is 2.15. The van der Waals surface area contributed by atoms with Crippen molar-refractivity contribution in [3.05, 3.63) is 45.8 Å². The molecule has 0 saturated carbocycles. The fraction of sp³-hybridized carbons (Fsp3) is 0. The molecule has 2 aromatic rings. The number of carbonyl (C=O) groups excluding carboxylic acids is 1. The predicted octanol–water partition coefficient (Wildman–Crippen LogP) is 3.06. The molecule has 1 amide bonds. The van der Waals surface area contributed by atoms with E-state index in [4.69, 9.17) is 16.7 Å². The van der Waals surface area contributed by atoms with Gasteiger partial charge in [-0.15, -0.1) is 11.3 Å². The summed E-state index contributed by atoms with van der Waals surface area (Å²) in [6.07, 6.45) is 0. The maximum atomic E-state index is 11.9. The third-order valence-corrected chi connectivity index (χ3v) is 3.55. The van der Waals surface area contributed by atoms with Crippen molar-refractivity contribution in [1.82, 2.24) is 0 Å². The SMILES string of the molecule is O=C(Nc1ccc(C(=O)O)s1)c1ccc(O)c(Cl)c1. The van der Waals surface area contributed by atoms with E-state index in [0.717, 1.165) is 11.3 Å². The number of phenolic OH excluding ortho intramolecular Hbond substituents is 1. The number of aromatic hydroxyl groups is 1. The summed E-state index contributed by atoms with van der Waals surface area (Å²) in [5, 5.41) is 21.1. The maximum absolute atomic E-state index is 11.9. The van der Waals surface area contributed by atoms with E-state index in [1.165, 1.54) is 30.3 Å². The molecule has 7 heteroatoms. The van der Waals surface area contributed by atoms with Crippen LogP contribution in [0, 0.1) is 0 Å². The lowest BCUT2D eigenvalue weighted by Crippen LogP contribution is -2.10. The minimum atomic E-state index is -1.04. The van der Waals surface area contributed by atoms with Crippen LogP contribution in [-0.4, -0.2) is 22.1 Å². The van der Waals surface area contributed by atoms with Crippen LogP contribution >= 0.6 is 22.9 Å². The van der Waals surface area contributed by atoms with Gasteiger partial charge in [0.25, 0.3) is 5.91 Å². The third kappa shape index (κ3) is 3.04. The van der Waals surface area contributed by atoms with Crippen LogP contribution in [0.25, 0.3) is 0 Å². The lowest BCUT2D eigenvalue weighted by atomic mass is 10.2. The number of rotatable bonds is 3. The molecule has 3 N–H and O–H groups in total. The Morgan fingerprint density at radius 1 is 1.21 bits per heavy atom. The number of amides is 1. The van der Waals surface area contributed by atoms with Crippen LogP contribution in [0.3, 0.4) is 0 Å². The van der Waals surface area contributed by atoms with Gasteiger partial charge < -0.3 is 15.5 Å². The van der Waals surface area contributed by atoms with Crippen molar-refractivity contribution in [2.75, 3.05) is 5.32 Å². The quantitative estimate of drug-likeness (QED) is 0.812. The van der Waals surface area contributed by atoms with Crippen LogP contribution in [0.4, 0.5) is 5.00 Å². The van der Waals surface area contributed by atoms with Crippen LogP contribution in [0.1, 0.15) is 20.0 Å². The summed E-state index contributed by atoms with van der Waals surface area (Å²) < 4.78 is 0. The minimum Gasteiger partial charge on any atom is -0.506 e. The van der Waals surface area contributed by atoms with Crippen molar-refractivity contribution in [2.24, 2.45) is 0 Å². The molecule has 5 nitrogen and oxygen atoms in total. The first kappa shape index (κ1) is 13.4. The zero-order valence-corrected chi connectivity index (χ0v) is 11.0. The Kier molecular flexibility index (Phi) is 3.73. The highest BCUT2D eigenvalue weighted by Crippen LogP contribution is 2.25. The van der Waals surface area contributed by atoms with Gasteiger partial charge in [0.2, 0.25) is 0 Å². The highest BCUT2D eigenvalue weighted by Gasteiger charge is 2.12. The highest BCUT2D eigenvalue weighted by molar-refractivity contribution is 7.18. The number of phenols is 1. The smallest absolute Gasteiger partial charge is 0.345 e. The average Bonchev–Trinajstić information content (AvgIpc) is 2.81. The van der Waals surface area contributed by atoms with Crippen molar-refractivity contribution in [3.63, 3.8) is 0 Å². The van der Waals surface area contributed by atoms with Crippen LogP contribution < -0.4 is 5.32 Å². The fourth-order valence-electron chi connectivity index (χ4n) is 1.35. The minimum absolute atomic E-state index is 0.0741. The Hall–Kier alpha value is -2.05. The van der Waals surface area contributed by atoms with Gasteiger partial charge in [-0.1, -0.05) is 11.6 Å². The summed E-state index contributed by atoms with van der Waals surface area (Å²) in [7, 11) is 0. The van der Waals surface area contributed by atoms with Gasteiger partial charge in [-0.25, -0.2) is 4.79 Å². The van der Waals surface area contributed by atoms with E-state index in [1.54, 1.807) is 0 Å². The molecule has 0 aliphatic heterocycles. The van der Waals surface area contributed by atoms with Crippen LogP contribution in [0.5, 0.6) is 5.75 Å². The van der Waals surface area contributed by atoms with Gasteiger partial charge in [-0.05, 0) is 30.3 Å². The van der Waals surface area contributed by atoms with Crippen molar-refractivity contribution >= 4 is 39.8 Å². The number of carboxylic acids is 1. The van der Waals surface area contributed by atoms with Gasteiger partial charge in [0, 0.05) is 5.56 Å². The second kappa shape index (κ2) is 5.29. The first-order chi connectivity index (χ1) is 8.97. The Labute approximate surface area is 117 Å². The van der Waals surface area contributed by atoms with E-state index >= 15 is 0 Å². The second-order valence-electron chi connectivity index (χ2n) is 3.59. The largest absolute Gasteiger partial charge is 0.506 e. The first-order valence-corrected chi connectivity index (χ1v) is 6.30. The van der Waals surface area contributed by atoms with Gasteiger partial charge in [-0.2, -0.15) is 0 Å². The van der Waals surface area contributed by atoms with Gasteiger partial charge in [-0.3, -0.25) is 4.79 Å². The van der Waals surface area contributed by atoms with Gasteiger partial charge in [0.15, 0.2) is 0 Å². The Bertz CT molecular complexity index is 653. The van der Waals surface area contributed by atoms with E-state index in [0.29, 0.717) is 5.00 Å². The molecular formula is C12H8ClNO4S. The molecule has 0 bridgehead atoms. The van der Waals surface area contributed by atoms with Gasteiger partial charge in [0.05, 0.1) is 10.0 Å². The molecule has 0 saturated heterocycles. The summed E-state index contributed by atoms with van der Waals surface area (Å²) >= 11 is 6.66. The summed E-state index contributed by atoms with van der Waals surface area (Å²) in [6.45, 7) is 0. The normalized spacial score (nSPS) is 10.2. The Morgan fingerprint density at radius 2 is 1.95 bits per heavy atom. The molecule has 2 rings (SSSR count). The standard InChI is InChI=1S/C12H8ClNO4S/c13-7-5-6(1-2-8(7)15)11(16)14-10-4-3-9(19-10)12(17)18/h1-5,15H,(H,14,16)(H,17,18). The molecule has 0 spiro atoms. The predicted molar refractivity (Wildman–Crippen MR) is 72.3 cm³/mol. The summed E-state index contributed by atoms with van der Waals surface area (Å²) in [5.74, 6) is -1.58. The van der Waals surface area contributed by atoms with E-state index < -0.39 is 11.9 Å². The fourth-order valence-corrected chi connectivity index (χ4v) is 2.27. The molecule has 0 unspecified atom stereocenters. The number of benzene rings is 1. The zero-order valence-electron chi connectivity index (χ0n) is 9.38. The number of hydrogen-bond donors (Lipinski definition) is 3. The van der Waals surface area contributed by atoms with E-state index in [9.17, 15) is 14.7 Å². The molecular weight excluding hydrogens is 290 g/mol. The lowest BCUT2D eigenvalue weighted by molar-refractivity contribution is 0.0702. The number of aromatic carboxylic acids is 1. The van der Waals surface area contributed by atoms with Gasteiger partial charge >= 0.3 is 5.97 Å². The van der Waals surface area contributed by atoms with Gasteiger partial charge in [0.1, 0.15) is 10.6 Å². The number of thiophene rings is 1. The molecule has 0 fully saturated rings. The van der Waals surface area contributed by atoms with E-state index in [1.807, 2.05) is 0 Å². The third-order valence-electron chi connectivity index (χ3n) is 2.26. The first-order valence-electron chi connectivity index (χ1n) is 5.10. The summed E-state index contributed by atoms with van der Waals surface area (Å²) in [5.41, 5.74) is 0.271. The molecule has 0 atom stereocenters. The van der Waals surface area contributed by atoms with Crippen molar-refractivity contribution in [2.45, 2.75) is 0 Å². The molecule has 98 valence electrons. The van der Waals surface area contributed by atoms with E-state index in [-0.39, 0.29) is 21.2 Å². The maximum Gasteiger partial charge on any atom is 0.345 e. The number of anilines is 1. The van der Waals surface area contributed by atoms with Crippen molar-refractivity contribution in [1.29, 1.82) is 0 Å². The summed E-state index contributed by atoms with van der Waals surface area (Å²) in [4.78, 5) is 22.7. The van der Waals surface area contributed by atoms with Crippen molar-refractivity contribution < 1.29 is 19.8 Å². The van der Waals surface area contributed by atoms with Crippen LogP contribution in [-0.2, 0) is 0 Å². The van der Waals surface area contributed by atoms with Crippen LogP contribution in [0.15, 0.2) is 30.3 Å². The van der Waals surface area contributed by atoms with E-state index in [2.05, 4.69) is 5.32 Å². The molecule has 19 heavy (non-hydrogen) atoms. The molecule has 0 radical (unpaired) electrons. The lowest BCUT2D eigenvalue weighted by Gasteiger charge is -2.03. The Morgan fingerprint density at radius 3 is 2.53 bits per heavy atom. The number of carbonyl (C=O) groups is 2. The molecule has 1 aromatic heterocycles. The average molecular weight is 298 g/mol. The van der Waals surface area contributed by atoms with Crippen LogP contribution in [0.2, 0.25) is 5.02 Å².